The average Bonchev–Trinajstić information content (AvgIpc) is 3.41. The summed E-state index contributed by atoms with van der Waals surface area (Å²) < 4.78 is 1.30. The number of hydrogen-bond acceptors (Lipinski definition) is 7. The molecule has 0 bridgehead atoms. The van der Waals surface area contributed by atoms with Gasteiger partial charge < -0.3 is 16.4 Å². The molecule has 4 N–H and O–H groups in total. The summed E-state index contributed by atoms with van der Waals surface area (Å²) in [5.41, 5.74) is 14.4. The third-order valence-corrected chi connectivity index (χ3v) is 6.42. The van der Waals surface area contributed by atoms with Crippen LogP contribution in [0.25, 0.3) is 21.1 Å². The number of pyridine rings is 1. The number of fused-ring (bicyclic) bond motifs is 2. The molecule has 0 saturated heterocycles. The minimum absolute atomic E-state index is 0.160. The van der Waals surface area contributed by atoms with Gasteiger partial charge in [0.25, 0.3) is 0 Å². The molecule has 0 amide bonds. The molecule has 1 aliphatic carbocycles. The first kappa shape index (κ1) is 17.2. The van der Waals surface area contributed by atoms with Crippen molar-refractivity contribution in [2.45, 2.75) is 25.8 Å². The number of nitrogens with zero attached hydrogens (tertiary/aromatic N) is 4. The Labute approximate surface area is 167 Å². The fourth-order valence-corrected chi connectivity index (χ4v) is 4.71. The van der Waals surface area contributed by atoms with Crippen molar-refractivity contribution in [1.29, 1.82) is 0 Å². The summed E-state index contributed by atoms with van der Waals surface area (Å²) in [6.45, 7) is 3.17. The molecule has 7 heteroatoms. The van der Waals surface area contributed by atoms with Crippen LogP contribution in [0.2, 0.25) is 0 Å². The predicted octanol–water partition coefficient (Wildman–Crippen LogP) is 4.38. The van der Waals surface area contributed by atoms with Gasteiger partial charge in [-0.05, 0) is 48.1 Å². The first-order valence-electron chi connectivity index (χ1n) is 9.51. The number of rotatable bonds is 5. The zero-order chi connectivity index (χ0) is 19.3. The van der Waals surface area contributed by atoms with Gasteiger partial charge in [0.1, 0.15) is 5.82 Å². The molecule has 0 spiro atoms. The van der Waals surface area contributed by atoms with Crippen LogP contribution in [-0.4, -0.2) is 21.5 Å². The molecule has 4 aromatic rings. The fraction of sp³-hybridized carbons (Fsp3) is 0.286. The predicted molar refractivity (Wildman–Crippen MR) is 116 cm³/mol. The van der Waals surface area contributed by atoms with Crippen LogP contribution in [0.3, 0.4) is 0 Å². The third-order valence-electron chi connectivity index (χ3n) is 5.44. The lowest BCUT2D eigenvalue weighted by Crippen LogP contribution is -2.30. The smallest absolute Gasteiger partial charge is 0.227 e. The van der Waals surface area contributed by atoms with Gasteiger partial charge in [-0.15, -0.1) is 11.3 Å². The Bertz CT molecular complexity index is 1170. The molecule has 28 heavy (non-hydrogen) atoms. The Morgan fingerprint density at radius 3 is 2.82 bits per heavy atom. The van der Waals surface area contributed by atoms with Crippen LogP contribution in [-0.2, 0) is 0 Å². The highest BCUT2D eigenvalue weighted by Gasteiger charge is 2.30. The normalized spacial score (nSPS) is 15.2. The average molecular weight is 391 g/mol. The van der Waals surface area contributed by atoms with Crippen molar-refractivity contribution >= 4 is 49.9 Å². The van der Waals surface area contributed by atoms with E-state index in [0.29, 0.717) is 29.0 Å². The molecule has 3 aromatic heterocycles. The second kappa shape index (κ2) is 6.60. The minimum Gasteiger partial charge on any atom is -0.398 e. The van der Waals surface area contributed by atoms with E-state index in [-0.39, 0.29) is 6.04 Å². The van der Waals surface area contributed by atoms with E-state index in [0.717, 1.165) is 11.9 Å². The molecule has 3 heterocycles. The summed E-state index contributed by atoms with van der Waals surface area (Å²) in [4.78, 5) is 16.0. The molecule has 6 nitrogen and oxygen atoms in total. The Morgan fingerprint density at radius 2 is 2.00 bits per heavy atom. The number of benzene rings is 1. The fourth-order valence-electron chi connectivity index (χ4n) is 3.66. The Balaban J connectivity index is 1.59. The van der Waals surface area contributed by atoms with Gasteiger partial charge in [0.15, 0.2) is 5.65 Å². The number of aromatic nitrogens is 3. The molecule has 0 unspecified atom stereocenters. The number of nitrogens with two attached hydrogens (primary N) is 2. The Hall–Kier alpha value is -2.93. The highest BCUT2D eigenvalue weighted by Crippen LogP contribution is 2.38. The van der Waals surface area contributed by atoms with Gasteiger partial charge in [0, 0.05) is 29.2 Å². The maximum Gasteiger partial charge on any atom is 0.227 e. The molecule has 1 fully saturated rings. The van der Waals surface area contributed by atoms with Crippen LogP contribution in [0.5, 0.6) is 0 Å². The second-order valence-corrected chi connectivity index (χ2v) is 8.41. The molecule has 1 saturated carbocycles. The summed E-state index contributed by atoms with van der Waals surface area (Å²) in [5.74, 6) is 1.76. The lowest BCUT2D eigenvalue weighted by Gasteiger charge is -2.29. The van der Waals surface area contributed by atoms with E-state index >= 15 is 0 Å². The van der Waals surface area contributed by atoms with Gasteiger partial charge in [-0.25, -0.2) is 9.97 Å². The first-order valence-corrected chi connectivity index (χ1v) is 10.4. The summed E-state index contributed by atoms with van der Waals surface area (Å²) >= 11 is 1.78. The van der Waals surface area contributed by atoms with Crippen LogP contribution in [0.1, 0.15) is 31.4 Å². The molecular formula is C21H22N6S. The van der Waals surface area contributed by atoms with Gasteiger partial charge in [-0.1, -0.05) is 18.2 Å². The maximum atomic E-state index is 6.06. The standard InChI is InChI=1S/C21H22N6S/c1-12(16-11-28-18-5-3-2-4-14(16)18)27(10-13-6-7-13)21-24-9-15-17(22)8-19(23)25-20(15)26-21/h2-5,8-9,11-13H,6-7,10H2,1H3,(H4,22,23,24,25,26)/t12-/m1/s1. The largest absolute Gasteiger partial charge is 0.398 e. The van der Waals surface area contributed by atoms with Crippen molar-refractivity contribution in [3.63, 3.8) is 0 Å². The van der Waals surface area contributed by atoms with Gasteiger partial charge >= 0.3 is 0 Å². The van der Waals surface area contributed by atoms with Crippen molar-refractivity contribution in [3.8, 4) is 0 Å². The van der Waals surface area contributed by atoms with Gasteiger partial charge in [0.05, 0.1) is 11.4 Å². The van der Waals surface area contributed by atoms with Crippen molar-refractivity contribution in [2.24, 2.45) is 5.92 Å². The molecule has 1 aliphatic rings. The van der Waals surface area contributed by atoms with E-state index < -0.39 is 0 Å². The van der Waals surface area contributed by atoms with Crippen LogP contribution < -0.4 is 16.4 Å². The zero-order valence-corrected chi connectivity index (χ0v) is 16.5. The Kier molecular flexibility index (Phi) is 4.05. The van der Waals surface area contributed by atoms with Crippen LogP contribution in [0.15, 0.2) is 41.9 Å². The van der Waals surface area contributed by atoms with Gasteiger partial charge in [0.2, 0.25) is 5.95 Å². The second-order valence-electron chi connectivity index (χ2n) is 7.50. The van der Waals surface area contributed by atoms with Crippen molar-refractivity contribution < 1.29 is 0 Å². The topological polar surface area (TPSA) is 94.0 Å². The summed E-state index contributed by atoms with van der Waals surface area (Å²) in [7, 11) is 0. The number of nitrogen functional groups attached to an aromatic ring is 2. The summed E-state index contributed by atoms with van der Waals surface area (Å²) in [6.07, 6.45) is 4.29. The van der Waals surface area contributed by atoms with E-state index in [9.17, 15) is 0 Å². The van der Waals surface area contributed by atoms with Crippen molar-refractivity contribution in [3.05, 3.63) is 47.5 Å². The van der Waals surface area contributed by atoms with Crippen LogP contribution >= 0.6 is 11.3 Å². The van der Waals surface area contributed by atoms with E-state index in [2.05, 4.69) is 51.4 Å². The van der Waals surface area contributed by atoms with E-state index in [1.54, 1.807) is 23.6 Å². The zero-order valence-electron chi connectivity index (χ0n) is 15.7. The van der Waals surface area contributed by atoms with Crippen LogP contribution in [0, 0.1) is 5.92 Å². The highest BCUT2D eigenvalue weighted by molar-refractivity contribution is 7.17. The summed E-state index contributed by atoms with van der Waals surface area (Å²) in [6, 6.07) is 10.3. The van der Waals surface area contributed by atoms with Gasteiger partial charge in [-0.2, -0.15) is 4.98 Å². The molecule has 142 valence electrons. The molecular weight excluding hydrogens is 368 g/mol. The third kappa shape index (κ3) is 3.01. The van der Waals surface area contributed by atoms with Crippen molar-refractivity contribution in [1.82, 2.24) is 15.0 Å². The first-order chi connectivity index (χ1) is 13.6. The SMILES string of the molecule is C[C@H](c1csc2ccccc12)N(CC1CC1)c1ncc2c(N)cc(N)nc2n1. The quantitative estimate of drug-likeness (QED) is 0.525. The van der Waals surface area contributed by atoms with E-state index in [1.807, 2.05) is 0 Å². The van der Waals surface area contributed by atoms with E-state index in [1.165, 1.54) is 28.5 Å². The lowest BCUT2D eigenvalue weighted by atomic mass is 10.1. The van der Waals surface area contributed by atoms with Gasteiger partial charge in [-0.3, -0.25) is 0 Å². The minimum atomic E-state index is 0.160. The highest BCUT2D eigenvalue weighted by atomic mass is 32.1. The summed E-state index contributed by atoms with van der Waals surface area (Å²) in [5, 5.41) is 4.29. The molecule has 0 radical (unpaired) electrons. The number of thiophene rings is 1. The lowest BCUT2D eigenvalue weighted by molar-refractivity contribution is 0.622. The molecule has 0 aliphatic heterocycles. The monoisotopic (exact) mass is 390 g/mol. The molecule has 5 rings (SSSR count). The van der Waals surface area contributed by atoms with Crippen molar-refractivity contribution in [2.75, 3.05) is 22.9 Å². The molecule has 1 atom stereocenters. The van der Waals surface area contributed by atoms with E-state index in [4.69, 9.17) is 16.5 Å². The molecule has 1 aromatic carbocycles. The maximum absolute atomic E-state index is 6.06. The number of anilines is 3. The Morgan fingerprint density at radius 1 is 1.18 bits per heavy atom. The van der Waals surface area contributed by atoms with Crippen LogP contribution in [0.4, 0.5) is 17.5 Å². The number of hydrogen-bond donors (Lipinski definition) is 2.